The molecule has 0 radical (unpaired) electrons. The van der Waals surface area contributed by atoms with Crippen molar-refractivity contribution in [2.24, 2.45) is 0 Å². The summed E-state index contributed by atoms with van der Waals surface area (Å²) >= 11 is 0. The van der Waals surface area contributed by atoms with E-state index >= 15 is 0 Å². The van der Waals surface area contributed by atoms with Crippen LogP contribution in [-0.4, -0.2) is 31.3 Å². The summed E-state index contributed by atoms with van der Waals surface area (Å²) in [5.41, 5.74) is 0. The molecule has 10 heavy (non-hydrogen) atoms. The summed E-state index contributed by atoms with van der Waals surface area (Å²) in [6.07, 6.45) is 1.40. The van der Waals surface area contributed by atoms with Crippen LogP contribution in [0.5, 0.6) is 0 Å². The van der Waals surface area contributed by atoms with Gasteiger partial charge in [0, 0.05) is 13.2 Å². The Morgan fingerprint density at radius 3 is 2.20 bits per heavy atom. The van der Waals surface area contributed by atoms with Gasteiger partial charge in [0.1, 0.15) is 6.23 Å². The topological polar surface area (TPSA) is 12.5 Å². The Morgan fingerprint density at radius 2 is 1.90 bits per heavy atom. The molecule has 0 rings (SSSR count). The summed E-state index contributed by atoms with van der Waals surface area (Å²) < 4.78 is 5.16. The second-order valence-electron chi connectivity index (χ2n) is 2.76. The predicted octanol–water partition coefficient (Wildman–Crippen LogP) is 1.71. The molecular weight excluding hydrogens is 126 g/mol. The third-order valence-electron chi connectivity index (χ3n) is 2.20. The maximum Gasteiger partial charge on any atom is 0.107 e. The molecule has 0 N–H and O–H groups in total. The molecule has 0 saturated heterocycles. The zero-order valence-corrected chi connectivity index (χ0v) is 7.72. The monoisotopic (exact) mass is 145 g/mol. The molecular formula is C8H19NO. The normalized spacial score (nSPS) is 17.4. The van der Waals surface area contributed by atoms with E-state index < -0.39 is 0 Å². The van der Waals surface area contributed by atoms with Crippen LogP contribution in [0.15, 0.2) is 0 Å². The van der Waals surface area contributed by atoms with Gasteiger partial charge < -0.3 is 4.74 Å². The molecule has 0 aromatic carbocycles. The van der Waals surface area contributed by atoms with E-state index in [1.165, 1.54) is 6.42 Å². The summed E-state index contributed by atoms with van der Waals surface area (Å²) in [4.78, 5) is 2.22. The molecule has 62 valence electrons. The van der Waals surface area contributed by atoms with Gasteiger partial charge in [-0.1, -0.05) is 6.92 Å². The van der Waals surface area contributed by atoms with E-state index in [0.29, 0.717) is 6.04 Å². The molecule has 0 bridgehead atoms. The van der Waals surface area contributed by atoms with Crippen LogP contribution in [0.3, 0.4) is 0 Å². The minimum absolute atomic E-state index is 0.231. The van der Waals surface area contributed by atoms with Crippen molar-refractivity contribution in [3.05, 3.63) is 0 Å². The van der Waals surface area contributed by atoms with Crippen LogP contribution in [0.1, 0.15) is 27.2 Å². The first kappa shape index (κ1) is 9.92. The van der Waals surface area contributed by atoms with Crippen molar-refractivity contribution in [2.75, 3.05) is 14.2 Å². The first-order valence-corrected chi connectivity index (χ1v) is 3.88. The van der Waals surface area contributed by atoms with Crippen LogP contribution < -0.4 is 0 Å². The van der Waals surface area contributed by atoms with Crippen molar-refractivity contribution in [2.45, 2.75) is 39.5 Å². The Bertz CT molecular complexity index is 75.3. The molecule has 0 aliphatic rings. The Morgan fingerprint density at radius 1 is 1.40 bits per heavy atom. The lowest BCUT2D eigenvalue weighted by Gasteiger charge is -2.28. The zero-order chi connectivity index (χ0) is 8.15. The third-order valence-corrected chi connectivity index (χ3v) is 2.20. The summed E-state index contributed by atoms with van der Waals surface area (Å²) in [5, 5.41) is 0. The van der Waals surface area contributed by atoms with Crippen LogP contribution >= 0.6 is 0 Å². The van der Waals surface area contributed by atoms with Gasteiger partial charge in [0.15, 0.2) is 0 Å². The first-order valence-electron chi connectivity index (χ1n) is 3.88. The van der Waals surface area contributed by atoms with Gasteiger partial charge >= 0.3 is 0 Å². The molecule has 0 aliphatic heterocycles. The lowest BCUT2D eigenvalue weighted by Crippen LogP contribution is -2.37. The number of ether oxygens (including phenoxy) is 1. The molecule has 2 nitrogen and oxygen atoms in total. The van der Waals surface area contributed by atoms with E-state index in [0.717, 1.165) is 0 Å². The Kier molecular flexibility index (Phi) is 4.65. The maximum absolute atomic E-state index is 5.16. The van der Waals surface area contributed by atoms with Crippen molar-refractivity contribution in [1.82, 2.24) is 4.90 Å². The van der Waals surface area contributed by atoms with E-state index in [2.05, 4.69) is 32.7 Å². The molecule has 2 unspecified atom stereocenters. The molecule has 0 spiro atoms. The summed E-state index contributed by atoms with van der Waals surface area (Å²) in [5.74, 6) is 0. The molecule has 0 fully saturated rings. The second kappa shape index (κ2) is 4.69. The van der Waals surface area contributed by atoms with Crippen LogP contribution in [0.4, 0.5) is 0 Å². The number of nitrogens with zero attached hydrogens (tertiary/aromatic N) is 1. The maximum atomic E-state index is 5.16. The van der Waals surface area contributed by atoms with Gasteiger partial charge in [-0.3, -0.25) is 4.90 Å². The minimum Gasteiger partial charge on any atom is -0.367 e. The van der Waals surface area contributed by atoms with E-state index in [9.17, 15) is 0 Å². The summed E-state index contributed by atoms with van der Waals surface area (Å²) in [6.45, 7) is 6.45. The summed E-state index contributed by atoms with van der Waals surface area (Å²) in [7, 11) is 3.83. The van der Waals surface area contributed by atoms with E-state index in [-0.39, 0.29) is 6.23 Å². The number of methoxy groups -OCH3 is 1. The Labute approximate surface area is 64.2 Å². The highest BCUT2D eigenvalue weighted by atomic mass is 16.5. The van der Waals surface area contributed by atoms with Crippen molar-refractivity contribution < 1.29 is 4.74 Å². The van der Waals surface area contributed by atoms with Gasteiger partial charge in [-0.25, -0.2) is 0 Å². The van der Waals surface area contributed by atoms with Crippen molar-refractivity contribution in [1.29, 1.82) is 0 Å². The van der Waals surface area contributed by atoms with Crippen molar-refractivity contribution in [3.8, 4) is 0 Å². The zero-order valence-electron chi connectivity index (χ0n) is 7.72. The van der Waals surface area contributed by atoms with Crippen LogP contribution in [-0.2, 0) is 4.74 Å². The van der Waals surface area contributed by atoms with Crippen molar-refractivity contribution in [3.63, 3.8) is 0 Å². The van der Waals surface area contributed by atoms with Gasteiger partial charge in [-0.05, 0) is 27.3 Å². The quantitative estimate of drug-likeness (QED) is 0.558. The fourth-order valence-corrected chi connectivity index (χ4v) is 0.813. The molecule has 0 aromatic rings. The van der Waals surface area contributed by atoms with Gasteiger partial charge in [0.2, 0.25) is 0 Å². The number of hydrogen-bond acceptors (Lipinski definition) is 2. The highest BCUT2D eigenvalue weighted by Gasteiger charge is 2.12. The average molecular weight is 145 g/mol. The van der Waals surface area contributed by atoms with Gasteiger partial charge in [-0.2, -0.15) is 0 Å². The smallest absolute Gasteiger partial charge is 0.107 e. The van der Waals surface area contributed by atoms with Crippen molar-refractivity contribution >= 4 is 0 Å². The SMILES string of the molecule is CCC(C)N(C)C(C)OC. The predicted molar refractivity (Wildman–Crippen MR) is 44.0 cm³/mol. The highest BCUT2D eigenvalue weighted by Crippen LogP contribution is 2.04. The first-order chi connectivity index (χ1) is 4.63. The molecule has 2 atom stereocenters. The van der Waals surface area contributed by atoms with Crippen LogP contribution in [0.25, 0.3) is 0 Å². The fraction of sp³-hybridized carbons (Fsp3) is 1.00. The largest absolute Gasteiger partial charge is 0.367 e. The van der Waals surface area contributed by atoms with Gasteiger partial charge in [0.25, 0.3) is 0 Å². The van der Waals surface area contributed by atoms with E-state index in [1.807, 2.05) is 0 Å². The average Bonchev–Trinajstić information content (AvgIpc) is 2.00. The lowest BCUT2D eigenvalue weighted by molar-refractivity contribution is -0.0236. The number of hydrogen-bond donors (Lipinski definition) is 0. The second-order valence-corrected chi connectivity index (χ2v) is 2.76. The highest BCUT2D eigenvalue weighted by molar-refractivity contribution is 4.61. The molecule has 2 heteroatoms. The minimum atomic E-state index is 0.231. The molecule has 0 saturated carbocycles. The Hall–Kier alpha value is -0.0800. The van der Waals surface area contributed by atoms with E-state index in [1.54, 1.807) is 7.11 Å². The van der Waals surface area contributed by atoms with Crippen LogP contribution in [0.2, 0.25) is 0 Å². The third kappa shape index (κ3) is 2.67. The molecule has 0 amide bonds. The van der Waals surface area contributed by atoms with E-state index in [4.69, 9.17) is 4.74 Å². The summed E-state index contributed by atoms with van der Waals surface area (Å²) in [6, 6.07) is 0.606. The molecule has 0 heterocycles. The Balaban J connectivity index is 3.69. The standard InChI is InChI=1S/C8H19NO/c1-6-7(2)9(4)8(3)10-5/h7-8H,6H2,1-5H3. The number of rotatable bonds is 4. The van der Waals surface area contributed by atoms with Gasteiger partial charge in [-0.15, -0.1) is 0 Å². The fourth-order valence-electron chi connectivity index (χ4n) is 0.813. The molecule has 0 aromatic heterocycles. The van der Waals surface area contributed by atoms with Gasteiger partial charge in [0.05, 0.1) is 0 Å². The van der Waals surface area contributed by atoms with Crippen LogP contribution in [0, 0.1) is 0 Å². The molecule has 0 aliphatic carbocycles. The lowest BCUT2D eigenvalue weighted by atomic mass is 10.2.